The minimum absolute atomic E-state index is 0.0804. The van der Waals surface area contributed by atoms with E-state index >= 15 is 0 Å². The highest BCUT2D eigenvalue weighted by Gasteiger charge is 2.25. The first kappa shape index (κ1) is 20.0. The molecule has 2 atom stereocenters. The Kier molecular flexibility index (Phi) is 9.67. The Labute approximate surface area is 129 Å². The molecule has 0 aliphatic heterocycles. The minimum atomic E-state index is -1.83. The van der Waals surface area contributed by atoms with E-state index in [1.165, 1.54) is 18.2 Å². The van der Waals surface area contributed by atoms with Gasteiger partial charge in [-0.2, -0.15) is 0 Å². The van der Waals surface area contributed by atoms with Crippen LogP contribution in [-0.4, -0.2) is 38.2 Å². The molecule has 124 valence electrons. The van der Waals surface area contributed by atoms with Crippen molar-refractivity contribution < 1.29 is 23.7 Å². The summed E-state index contributed by atoms with van der Waals surface area (Å²) in [7, 11) is -1.83. The number of nitrogens with zero attached hydrogens (tertiary/aromatic N) is 1. The second kappa shape index (κ2) is 10.7. The second-order valence-corrected chi connectivity index (χ2v) is 5.67. The van der Waals surface area contributed by atoms with Crippen LogP contribution in [0.4, 0.5) is 4.39 Å². The summed E-state index contributed by atoms with van der Waals surface area (Å²) in [4.78, 5) is 15.0. The molecule has 0 radical (unpaired) electrons. The fourth-order valence-electron chi connectivity index (χ4n) is 1.56. The molecule has 0 aromatic heterocycles. The summed E-state index contributed by atoms with van der Waals surface area (Å²) in [6.07, 6.45) is 0.505. The van der Waals surface area contributed by atoms with Gasteiger partial charge in [-0.1, -0.05) is 6.07 Å². The summed E-state index contributed by atoms with van der Waals surface area (Å²) in [5.41, 5.74) is 10.3. The second-order valence-electron chi connectivity index (χ2n) is 4.03. The van der Waals surface area contributed by atoms with Gasteiger partial charge in [-0.3, -0.25) is 14.0 Å². The van der Waals surface area contributed by atoms with E-state index in [0.29, 0.717) is 6.42 Å². The lowest BCUT2D eigenvalue weighted by Gasteiger charge is -2.11. The Hall–Kier alpha value is -2.04. The first-order chi connectivity index (χ1) is 10.4. The zero-order valence-electron chi connectivity index (χ0n) is 11.7. The topological polar surface area (TPSA) is 165 Å². The number of hydrogen-bond acceptors (Lipinski definition) is 5. The Morgan fingerprint density at radius 3 is 2.50 bits per heavy atom. The zero-order valence-corrected chi connectivity index (χ0v) is 12.5. The zero-order chi connectivity index (χ0) is 17.1. The first-order valence-electron chi connectivity index (χ1n) is 6.12. The molecule has 0 saturated carbocycles. The number of nitrogens with two attached hydrogens (primary N) is 3. The summed E-state index contributed by atoms with van der Waals surface area (Å²) in [5, 5.41) is 14.5. The fourth-order valence-corrected chi connectivity index (χ4v) is 2.90. The number of carboxylic acids is 1. The maximum atomic E-state index is 13.1. The monoisotopic (exact) mass is 334 g/mol. The molecule has 22 heavy (non-hydrogen) atoms. The molecule has 0 bridgehead atoms. The van der Waals surface area contributed by atoms with Gasteiger partial charge in [0, 0.05) is 11.4 Å². The molecule has 0 aliphatic carbocycles. The van der Waals surface area contributed by atoms with Crippen molar-refractivity contribution in [2.45, 2.75) is 23.0 Å². The molecular formula is C12H19FN4O4S. The van der Waals surface area contributed by atoms with Gasteiger partial charge in [-0.15, -0.1) is 0 Å². The van der Waals surface area contributed by atoms with Crippen LogP contribution in [0.1, 0.15) is 12.8 Å². The van der Waals surface area contributed by atoms with Crippen LogP contribution in [-0.2, 0) is 15.6 Å². The highest BCUT2D eigenvalue weighted by molar-refractivity contribution is 7.86. The number of aliphatic imine (C=N–C) groups is 1. The number of benzene rings is 1. The van der Waals surface area contributed by atoms with Gasteiger partial charge in [0.25, 0.3) is 0 Å². The van der Waals surface area contributed by atoms with Crippen molar-refractivity contribution in [3.05, 3.63) is 30.1 Å². The van der Waals surface area contributed by atoms with Gasteiger partial charge < -0.3 is 21.8 Å². The van der Waals surface area contributed by atoms with E-state index < -0.39 is 27.8 Å². The van der Waals surface area contributed by atoms with Crippen LogP contribution >= 0.6 is 0 Å². The molecule has 8 nitrogen and oxygen atoms in total. The van der Waals surface area contributed by atoms with E-state index in [0.717, 1.165) is 6.07 Å². The summed E-state index contributed by atoms with van der Waals surface area (Å²) >= 11 is 0. The van der Waals surface area contributed by atoms with Gasteiger partial charge in [0.15, 0.2) is 5.96 Å². The third-order valence-electron chi connectivity index (χ3n) is 2.48. The lowest BCUT2D eigenvalue weighted by Crippen LogP contribution is -2.26. The van der Waals surface area contributed by atoms with Crippen LogP contribution in [0.15, 0.2) is 34.2 Å². The molecule has 0 heterocycles. The minimum Gasteiger partial charge on any atom is -0.480 e. The molecule has 1 aromatic rings. The van der Waals surface area contributed by atoms with Crippen LogP contribution in [0.5, 0.6) is 0 Å². The summed E-state index contributed by atoms with van der Waals surface area (Å²) in [6.45, 7) is 0.256. The molecule has 0 amide bonds. The number of carbonyl (C=O) groups is 1. The maximum absolute atomic E-state index is 13.1. The van der Waals surface area contributed by atoms with Crippen molar-refractivity contribution in [2.24, 2.45) is 22.4 Å². The summed E-state index contributed by atoms with van der Waals surface area (Å²) < 4.78 is 25.2. The average Bonchev–Trinajstić information content (AvgIpc) is 2.48. The van der Waals surface area contributed by atoms with Crippen LogP contribution in [0.3, 0.4) is 0 Å². The average molecular weight is 334 g/mol. The number of guanidine groups is 1. The van der Waals surface area contributed by atoms with E-state index in [-0.39, 0.29) is 23.8 Å². The Balaban J connectivity index is 0.00000211. The van der Waals surface area contributed by atoms with E-state index in [2.05, 4.69) is 10.9 Å². The lowest BCUT2D eigenvalue weighted by atomic mass is 10.2. The largest absolute Gasteiger partial charge is 0.480 e. The number of aliphatic carboxylic acids is 1. The van der Waals surface area contributed by atoms with Crippen molar-refractivity contribution in [3.8, 4) is 0 Å². The molecule has 1 aromatic carbocycles. The fraction of sp³-hybridized carbons (Fsp3) is 0.333. The van der Waals surface area contributed by atoms with Gasteiger partial charge in [-0.25, -0.2) is 10.3 Å². The maximum Gasteiger partial charge on any atom is 0.319 e. The third kappa shape index (κ3) is 7.11. The molecule has 2 unspecified atom stereocenters. The van der Waals surface area contributed by atoms with Crippen molar-refractivity contribution >= 4 is 22.7 Å². The van der Waals surface area contributed by atoms with Crippen molar-refractivity contribution in [3.63, 3.8) is 0 Å². The van der Waals surface area contributed by atoms with Crippen LogP contribution in [0, 0.1) is 5.82 Å². The molecule has 0 spiro atoms. The van der Waals surface area contributed by atoms with Crippen molar-refractivity contribution in [1.82, 2.24) is 0 Å². The third-order valence-corrected chi connectivity index (χ3v) is 4.15. The molecule has 0 aliphatic rings. The molecule has 10 heteroatoms. The molecule has 0 fully saturated rings. The van der Waals surface area contributed by atoms with Crippen molar-refractivity contribution in [1.29, 1.82) is 0 Å². The highest BCUT2D eigenvalue weighted by Crippen LogP contribution is 2.16. The molecule has 8 N–H and O–H groups in total. The van der Waals surface area contributed by atoms with Crippen LogP contribution < -0.4 is 17.4 Å². The smallest absolute Gasteiger partial charge is 0.319 e. The van der Waals surface area contributed by atoms with E-state index in [4.69, 9.17) is 21.8 Å². The van der Waals surface area contributed by atoms with Gasteiger partial charge in [0.05, 0.1) is 10.8 Å². The van der Waals surface area contributed by atoms with E-state index in [1.54, 1.807) is 0 Å². The quantitative estimate of drug-likeness (QED) is 0.199. The van der Waals surface area contributed by atoms with E-state index in [1.807, 2.05) is 0 Å². The Morgan fingerprint density at radius 1 is 1.36 bits per heavy atom. The number of carboxylic acid groups (broad SMARTS) is 1. The number of halogens is 1. The Bertz CT molecular complexity index is 538. The molecule has 1 rings (SSSR count). The van der Waals surface area contributed by atoms with E-state index in [9.17, 15) is 13.4 Å². The number of hydrogen-bond donors (Lipinski definition) is 5. The van der Waals surface area contributed by atoms with Gasteiger partial charge in [-0.05, 0) is 31.0 Å². The van der Waals surface area contributed by atoms with Gasteiger partial charge in [0.2, 0.25) is 0 Å². The number of rotatable bonds is 7. The normalized spacial score (nSPS) is 12.5. The lowest BCUT2D eigenvalue weighted by molar-refractivity contribution is -0.136. The molecule has 0 saturated heterocycles. The standard InChI is InChI=1S/C12H16FN3O3S.H3NO/c13-8-3-1-4-9(7-8)20(19)10(11(17)18)5-2-6-16-12(14)15;1-2/h1,3-4,7,10H,2,5-6H2,(H,17,18)(H4,14,15,16);2H,1H2. The van der Waals surface area contributed by atoms with Crippen LogP contribution in [0.25, 0.3) is 0 Å². The first-order valence-corrected chi connectivity index (χ1v) is 7.33. The summed E-state index contributed by atoms with van der Waals surface area (Å²) in [6, 6.07) is 5.10. The summed E-state index contributed by atoms with van der Waals surface area (Å²) in [5.74, 6) is 1.67. The predicted octanol–water partition coefficient (Wildman–Crippen LogP) is -0.226. The highest BCUT2D eigenvalue weighted by atomic mass is 32.2. The predicted molar refractivity (Wildman–Crippen MR) is 80.1 cm³/mol. The van der Waals surface area contributed by atoms with Crippen molar-refractivity contribution in [2.75, 3.05) is 6.54 Å². The molecular weight excluding hydrogens is 315 g/mol. The van der Waals surface area contributed by atoms with Gasteiger partial charge in [0.1, 0.15) is 11.1 Å². The SMILES string of the molecule is NC(N)=NCCCC(C(=O)O)S(=O)c1cccc(F)c1.NO. The van der Waals surface area contributed by atoms with Gasteiger partial charge >= 0.3 is 5.97 Å². The van der Waals surface area contributed by atoms with Crippen LogP contribution in [0.2, 0.25) is 0 Å². The Morgan fingerprint density at radius 2 is 2.00 bits per heavy atom.